The van der Waals surface area contributed by atoms with Gasteiger partial charge in [-0.1, -0.05) is 116 Å². The number of carbonyl (C=O) groups excluding carboxylic acids is 1. The smallest absolute Gasteiger partial charge is 0.245 e. The number of hydrogen-bond donors (Lipinski definition) is 1. The maximum absolute atomic E-state index is 12.0. The molecule has 0 aromatic carbocycles. The molecule has 0 heterocycles. The summed E-state index contributed by atoms with van der Waals surface area (Å²) in [6.45, 7) is 11.2. The molecule has 0 aromatic heterocycles. The number of halogens is 1. The summed E-state index contributed by atoms with van der Waals surface area (Å²) in [4.78, 5) is 14.6. The summed E-state index contributed by atoms with van der Waals surface area (Å²) in [5, 5.41) is 3.18. The molecule has 0 saturated carbocycles. The Morgan fingerprint density at radius 3 is 1.74 bits per heavy atom. The summed E-state index contributed by atoms with van der Waals surface area (Å²) in [5.41, 5.74) is 1.31. The van der Waals surface area contributed by atoms with Crippen molar-refractivity contribution in [2.75, 3.05) is 13.1 Å². The molecule has 2 atom stereocenters. The van der Waals surface area contributed by atoms with Gasteiger partial charge in [-0.15, -0.1) is 0 Å². The van der Waals surface area contributed by atoms with Crippen molar-refractivity contribution in [1.29, 1.82) is 0 Å². The van der Waals surface area contributed by atoms with Gasteiger partial charge in [0, 0.05) is 23.7 Å². The quantitative estimate of drug-likeness (QED) is 0.131. The third-order valence-corrected chi connectivity index (χ3v) is 6.74. The lowest BCUT2D eigenvalue weighted by Crippen LogP contribution is -2.38. The summed E-state index contributed by atoms with van der Waals surface area (Å²) in [7, 11) is 0. The van der Waals surface area contributed by atoms with E-state index < -0.39 is 0 Å². The molecule has 4 heteroatoms. The predicted molar refractivity (Wildman–Crippen MR) is 139 cm³/mol. The third-order valence-electron chi connectivity index (χ3n) is 6.62. The van der Waals surface area contributed by atoms with Crippen LogP contribution in [0.5, 0.6) is 0 Å². The molecule has 0 aromatic rings. The van der Waals surface area contributed by atoms with Crippen molar-refractivity contribution >= 4 is 17.5 Å². The molecular formula is C27H53ClN2O. The second kappa shape index (κ2) is 22.6. The Hall–Kier alpha value is -0.540. The first kappa shape index (κ1) is 30.5. The van der Waals surface area contributed by atoms with Gasteiger partial charge in [0.05, 0.1) is 0 Å². The van der Waals surface area contributed by atoms with E-state index >= 15 is 0 Å². The fourth-order valence-corrected chi connectivity index (χ4v) is 4.72. The highest BCUT2D eigenvalue weighted by molar-refractivity contribution is 6.26. The van der Waals surface area contributed by atoms with Crippen LogP contribution in [0.1, 0.15) is 130 Å². The number of rotatable bonds is 22. The summed E-state index contributed by atoms with van der Waals surface area (Å²) < 4.78 is 0. The molecule has 0 bridgehead atoms. The van der Waals surface area contributed by atoms with Crippen LogP contribution in [0.15, 0.2) is 11.6 Å². The molecule has 3 nitrogen and oxygen atoms in total. The molecule has 31 heavy (non-hydrogen) atoms. The van der Waals surface area contributed by atoms with Crippen LogP contribution in [0.3, 0.4) is 0 Å². The molecule has 1 amide bonds. The fourth-order valence-electron chi connectivity index (χ4n) is 4.61. The lowest BCUT2D eigenvalue weighted by molar-refractivity contribution is -0.117. The van der Waals surface area contributed by atoms with Crippen molar-refractivity contribution in [3.8, 4) is 0 Å². The van der Waals surface area contributed by atoms with Crippen molar-refractivity contribution in [2.24, 2.45) is 0 Å². The van der Waals surface area contributed by atoms with Crippen LogP contribution in [0.25, 0.3) is 0 Å². The average Bonchev–Trinajstić information content (AvgIpc) is 2.77. The lowest BCUT2D eigenvalue weighted by Gasteiger charge is -2.30. The summed E-state index contributed by atoms with van der Waals surface area (Å²) in [5.74, 6) is -0.0603. The molecule has 0 saturated heterocycles. The maximum atomic E-state index is 12.0. The zero-order valence-corrected chi connectivity index (χ0v) is 22.0. The van der Waals surface area contributed by atoms with Crippen LogP contribution in [-0.2, 0) is 4.79 Å². The zero-order chi connectivity index (χ0) is 23.2. The van der Waals surface area contributed by atoms with E-state index in [0.29, 0.717) is 6.04 Å². The average molecular weight is 457 g/mol. The van der Waals surface area contributed by atoms with E-state index in [2.05, 4.69) is 37.9 Å². The van der Waals surface area contributed by atoms with Crippen LogP contribution in [-0.4, -0.2) is 36.0 Å². The van der Waals surface area contributed by atoms with Gasteiger partial charge in [0.15, 0.2) is 0 Å². The van der Waals surface area contributed by atoms with E-state index in [4.69, 9.17) is 11.6 Å². The number of nitrogens with zero attached hydrogens (tertiary/aromatic N) is 1. The molecule has 184 valence electrons. The Labute approximate surface area is 199 Å². The first-order valence-corrected chi connectivity index (χ1v) is 13.9. The fraction of sp³-hybridized carbons (Fsp3) is 0.889. The largest absolute Gasteiger partial charge is 0.350 e. The Morgan fingerprint density at radius 2 is 1.29 bits per heavy atom. The number of carbonyl (C=O) groups is 1. The van der Waals surface area contributed by atoms with Crippen LogP contribution in [0.4, 0.5) is 0 Å². The topological polar surface area (TPSA) is 32.3 Å². The molecule has 0 spiro atoms. The van der Waals surface area contributed by atoms with Crippen LogP contribution in [0.2, 0.25) is 0 Å². The van der Waals surface area contributed by atoms with Crippen molar-refractivity contribution in [1.82, 2.24) is 10.2 Å². The summed E-state index contributed by atoms with van der Waals surface area (Å²) >= 11 is 5.59. The Bertz CT molecular complexity index is 423. The molecule has 0 aliphatic heterocycles. The van der Waals surface area contributed by atoms with E-state index in [0.717, 1.165) is 32.4 Å². The highest BCUT2D eigenvalue weighted by atomic mass is 35.5. The minimum atomic E-state index is -0.0603. The van der Waals surface area contributed by atoms with Gasteiger partial charge in [-0.3, -0.25) is 4.79 Å². The zero-order valence-electron chi connectivity index (χ0n) is 21.3. The normalized spacial score (nSPS) is 13.7. The highest BCUT2D eigenvalue weighted by Crippen LogP contribution is 2.17. The number of hydrogen-bond acceptors (Lipinski definition) is 2. The monoisotopic (exact) mass is 456 g/mol. The van der Waals surface area contributed by atoms with Crippen LogP contribution in [0, 0.1) is 0 Å². The summed E-state index contributed by atoms with van der Waals surface area (Å²) in [6, 6.07) is 0.869. The van der Waals surface area contributed by atoms with Gasteiger partial charge in [-0.2, -0.15) is 0 Å². The Balaban J connectivity index is 4.11. The first-order chi connectivity index (χ1) is 15.1. The molecule has 1 N–H and O–H groups in total. The van der Waals surface area contributed by atoms with Crippen LogP contribution >= 0.6 is 11.6 Å². The van der Waals surface area contributed by atoms with Gasteiger partial charge in [0.2, 0.25) is 5.91 Å². The van der Waals surface area contributed by atoms with Gasteiger partial charge >= 0.3 is 0 Å². The van der Waals surface area contributed by atoms with Crippen molar-refractivity contribution in [3.05, 3.63) is 11.6 Å². The van der Waals surface area contributed by atoms with E-state index in [1.807, 2.05) is 0 Å². The highest BCUT2D eigenvalue weighted by Gasteiger charge is 2.17. The van der Waals surface area contributed by atoms with E-state index in [9.17, 15) is 4.79 Å². The van der Waals surface area contributed by atoms with Gasteiger partial charge < -0.3 is 10.2 Å². The Morgan fingerprint density at radius 1 is 0.774 bits per heavy atom. The Kier molecular flexibility index (Phi) is 22.3. The second-order valence-electron chi connectivity index (χ2n) is 9.04. The van der Waals surface area contributed by atoms with Gasteiger partial charge in [-0.05, 0) is 38.8 Å². The molecular weight excluding hydrogens is 404 g/mol. The summed E-state index contributed by atoms with van der Waals surface area (Å²) in [6.07, 6.45) is 22.2. The van der Waals surface area contributed by atoms with Crippen molar-refractivity contribution in [3.63, 3.8) is 0 Å². The van der Waals surface area contributed by atoms with Gasteiger partial charge in [0.25, 0.3) is 0 Å². The van der Waals surface area contributed by atoms with Gasteiger partial charge in [0.1, 0.15) is 0 Å². The minimum Gasteiger partial charge on any atom is -0.350 e. The van der Waals surface area contributed by atoms with Crippen molar-refractivity contribution in [2.45, 2.75) is 143 Å². The molecule has 0 fully saturated rings. The lowest BCUT2D eigenvalue weighted by atomic mass is 9.97. The van der Waals surface area contributed by atoms with Crippen LogP contribution < -0.4 is 5.32 Å². The third kappa shape index (κ3) is 17.7. The van der Waals surface area contributed by atoms with E-state index in [1.165, 1.54) is 95.1 Å². The maximum Gasteiger partial charge on any atom is 0.245 e. The predicted octanol–water partition coefficient (Wildman–Crippen LogP) is 8.22. The molecule has 0 rings (SSSR count). The molecule has 2 unspecified atom stereocenters. The van der Waals surface area contributed by atoms with E-state index in [-0.39, 0.29) is 11.9 Å². The number of nitrogens with one attached hydrogen (secondary N) is 1. The minimum absolute atomic E-state index is 0.0603. The molecule has 0 radical (unpaired) electrons. The molecule has 0 aliphatic carbocycles. The SMILES string of the molecule is CCCCCCCCCCCCCCC(CCC(CC)N(CC)CC)NC(=O)C=CCl. The molecule has 0 aliphatic rings. The van der Waals surface area contributed by atoms with Crippen molar-refractivity contribution < 1.29 is 4.79 Å². The van der Waals surface area contributed by atoms with E-state index in [1.54, 1.807) is 0 Å². The first-order valence-electron chi connectivity index (χ1n) is 13.4. The number of unbranched alkanes of at least 4 members (excludes halogenated alkanes) is 11. The standard InChI is InChI=1S/C27H53ClN2O/c1-5-9-10-11-12-13-14-15-16-17-18-19-20-25(29-27(31)23-24-28)21-22-26(6-2)30(7-3)8-4/h23-26H,5-22H2,1-4H3,(H,29,31). The van der Waals surface area contributed by atoms with Gasteiger partial charge in [-0.25, -0.2) is 0 Å². The second-order valence-corrected chi connectivity index (χ2v) is 9.29. The number of amides is 1.